The van der Waals surface area contributed by atoms with Gasteiger partial charge in [-0.1, -0.05) is 6.92 Å². The predicted octanol–water partition coefficient (Wildman–Crippen LogP) is 1.05. The van der Waals surface area contributed by atoms with Crippen LogP contribution in [0.1, 0.15) is 32.4 Å². The van der Waals surface area contributed by atoms with Crippen LogP contribution < -0.4 is 14.4 Å². The SMILES string of the molecule is CCc1nc2cc(OC)c(OC)cc2c2nnc(C[NH+]3C[C@H](C)O[C@@H](C)C3)n12. The van der Waals surface area contributed by atoms with Gasteiger partial charge >= 0.3 is 0 Å². The van der Waals surface area contributed by atoms with Gasteiger partial charge in [-0.05, 0) is 19.9 Å². The molecule has 0 radical (unpaired) electrons. The van der Waals surface area contributed by atoms with Crippen LogP contribution in [0.5, 0.6) is 11.5 Å². The highest BCUT2D eigenvalue weighted by molar-refractivity contribution is 5.93. The number of aromatic nitrogens is 4. The molecule has 2 atom stereocenters. The lowest BCUT2D eigenvalue weighted by Crippen LogP contribution is -3.14. The van der Waals surface area contributed by atoms with Gasteiger partial charge in [-0.25, -0.2) is 4.98 Å². The second kappa shape index (κ2) is 7.52. The molecule has 1 fully saturated rings. The summed E-state index contributed by atoms with van der Waals surface area (Å²) in [5.41, 5.74) is 1.65. The molecule has 2 aromatic heterocycles. The second-order valence-electron chi connectivity index (χ2n) is 7.47. The molecule has 0 spiro atoms. The van der Waals surface area contributed by atoms with Gasteiger partial charge in [-0.2, -0.15) is 0 Å². The Hall–Kier alpha value is -2.45. The van der Waals surface area contributed by atoms with Crippen molar-refractivity contribution in [2.75, 3.05) is 27.3 Å². The number of quaternary nitrogens is 1. The summed E-state index contributed by atoms with van der Waals surface area (Å²) in [5.74, 6) is 3.21. The number of rotatable bonds is 5. The predicted molar refractivity (Wildman–Crippen MR) is 105 cm³/mol. The van der Waals surface area contributed by atoms with Crippen molar-refractivity contribution in [3.63, 3.8) is 0 Å². The third-order valence-electron chi connectivity index (χ3n) is 5.32. The molecule has 1 aliphatic rings. The zero-order valence-electron chi connectivity index (χ0n) is 17.2. The summed E-state index contributed by atoms with van der Waals surface area (Å²) in [4.78, 5) is 6.33. The second-order valence-corrected chi connectivity index (χ2v) is 7.47. The normalized spacial score (nSPS) is 22.7. The zero-order valence-corrected chi connectivity index (χ0v) is 17.2. The maximum Gasteiger partial charge on any atom is 0.194 e. The van der Waals surface area contributed by atoms with Crippen LogP contribution in [-0.4, -0.2) is 59.1 Å². The van der Waals surface area contributed by atoms with E-state index in [2.05, 4.69) is 35.4 Å². The highest BCUT2D eigenvalue weighted by Gasteiger charge is 2.28. The van der Waals surface area contributed by atoms with E-state index in [1.807, 2.05) is 12.1 Å². The molecule has 3 aromatic rings. The lowest BCUT2D eigenvalue weighted by Gasteiger charge is -2.31. The van der Waals surface area contributed by atoms with E-state index in [1.54, 1.807) is 14.2 Å². The van der Waals surface area contributed by atoms with Gasteiger partial charge in [0.2, 0.25) is 0 Å². The van der Waals surface area contributed by atoms with E-state index < -0.39 is 0 Å². The third-order valence-corrected chi connectivity index (χ3v) is 5.32. The number of hydrogen-bond donors (Lipinski definition) is 1. The molecular weight excluding hydrogens is 358 g/mol. The Balaban J connectivity index is 1.82. The Kier molecular flexibility index (Phi) is 5.07. The summed E-state index contributed by atoms with van der Waals surface area (Å²) in [5, 5.41) is 9.97. The molecule has 4 rings (SSSR count). The maximum absolute atomic E-state index is 5.87. The van der Waals surface area contributed by atoms with Gasteiger partial charge in [-0.3, -0.25) is 4.40 Å². The topological polar surface area (TPSA) is 75.2 Å². The molecule has 1 saturated heterocycles. The minimum Gasteiger partial charge on any atom is -0.493 e. The van der Waals surface area contributed by atoms with Crippen molar-refractivity contribution < 1.29 is 19.1 Å². The number of nitrogens with one attached hydrogen (secondary N) is 1. The van der Waals surface area contributed by atoms with E-state index in [1.165, 1.54) is 4.90 Å². The molecule has 8 nitrogen and oxygen atoms in total. The number of fused-ring (bicyclic) bond motifs is 3. The van der Waals surface area contributed by atoms with Crippen molar-refractivity contribution in [1.29, 1.82) is 0 Å². The van der Waals surface area contributed by atoms with Gasteiger partial charge in [0.15, 0.2) is 23.0 Å². The van der Waals surface area contributed by atoms with Crippen LogP contribution in [0.4, 0.5) is 0 Å². The fourth-order valence-corrected chi connectivity index (χ4v) is 4.20. The van der Waals surface area contributed by atoms with E-state index in [0.29, 0.717) is 11.5 Å². The molecular formula is C20H28N5O3+. The van der Waals surface area contributed by atoms with E-state index in [0.717, 1.165) is 54.3 Å². The summed E-state index contributed by atoms with van der Waals surface area (Å²) < 4.78 is 18.9. The molecule has 0 bridgehead atoms. The Morgan fingerprint density at radius 1 is 1.07 bits per heavy atom. The van der Waals surface area contributed by atoms with Crippen LogP contribution in [0.2, 0.25) is 0 Å². The highest BCUT2D eigenvalue weighted by Crippen LogP contribution is 2.33. The van der Waals surface area contributed by atoms with Crippen LogP contribution in [0.3, 0.4) is 0 Å². The standard InChI is InChI=1S/C20H27N5O3/c1-6-18-21-15-8-17(27-5)16(26-4)7-14(15)20-23-22-19(25(18)20)11-24-9-12(2)28-13(3)10-24/h7-8,12-13H,6,9-11H2,1-5H3/p+1/t12-,13-/m0/s1. The number of morpholine rings is 1. The Bertz CT molecular complexity index is 993. The first-order valence-electron chi connectivity index (χ1n) is 9.81. The van der Waals surface area contributed by atoms with E-state index in [9.17, 15) is 0 Å². The first-order valence-corrected chi connectivity index (χ1v) is 9.81. The van der Waals surface area contributed by atoms with E-state index in [-0.39, 0.29) is 12.2 Å². The maximum atomic E-state index is 5.87. The van der Waals surface area contributed by atoms with Gasteiger partial charge < -0.3 is 19.1 Å². The summed E-state index contributed by atoms with van der Waals surface area (Å²) in [6.45, 7) is 9.09. The quantitative estimate of drug-likeness (QED) is 0.707. The number of methoxy groups -OCH3 is 2. The first kappa shape index (κ1) is 18.9. The van der Waals surface area contributed by atoms with Gasteiger partial charge in [0.25, 0.3) is 0 Å². The highest BCUT2D eigenvalue weighted by atomic mass is 16.5. The monoisotopic (exact) mass is 386 g/mol. The average Bonchev–Trinajstić information content (AvgIpc) is 3.09. The number of aryl methyl sites for hydroxylation is 1. The van der Waals surface area contributed by atoms with Crippen LogP contribution in [0.25, 0.3) is 16.6 Å². The summed E-state index contributed by atoms with van der Waals surface area (Å²) in [6, 6.07) is 3.83. The van der Waals surface area contributed by atoms with Gasteiger partial charge in [-0.15, -0.1) is 10.2 Å². The van der Waals surface area contributed by atoms with Crippen molar-refractivity contribution in [3.8, 4) is 11.5 Å². The molecule has 0 unspecified atom stereocenters. The third kappa shape index (κ3) is 3.27. The minimum atomic E-state index is 0.249. The largest absolute Gasteiger partial charge is 0.493 e. The molecule has 3 heterocycles. The van der Waals surface area contributed by atoms with Gasteiger partial charge in [0, 0.05) is 17.9 Å². The van der Waals surface area contributed by atoms with Crippen molar-refractivity contribution in [3.05, 3.63) is 23.8 Å². The molecule has 1 N–H and O–H groups in total. The number of ether oxygens (including phenoxy) is 3. The lowest BCUT2D eigenvalue weighted by atomic mass is 10.2. The zero-order chi connectivity index (χ0) is 19.8. The fraction of sp³-hybridized carbons (Fsp3) is 0.550. The number of hydrogen-bond acceptors (Lipinski definition) is 6. The van der Waals surface area contributed by atoms with E-state index >= 15 is 0 Å². The Morgan fingerprint density at radius 2 is 1.75 bits per heavy atom. The Morgan fingerprint density at radius 3 is 2.39 bits per heavy atom. The molecule has 150 valence electrons. The molecule has 1 aromatic carbocycles. The van der Waals surface area contributed by atoms with Crippen LogP contribution in [0.15, 0.2) is 12.1 Å². The average molecular weight is 386 g/mol. The first-order chi connectivity index (χ1) is 13.5. The van der Waals surface area contributed by atoms with Crippen molar-refractivity contribution in [2.45, 2.75) is 45.9 Å². The lowest BCUT2D eigenvalue weighted by molar-refractivity contribution is -0.929. The molecule has 28 heavy (non-hydrogen) atoms. The van der Waals surface area contributed by atoms with Gasteiger partial charge in [0.1, 0.15) is 37.7 Å². The van der Waals surface area contributed by atoms with E-state index in [4.69, 9.17) is 19.2 Å². The summed E-state index contributed by atoms with van der Waals surface area (Å²) >= 11 is 0. The van der Waals surface area contributed by atoms with Gasteiger partial charge in [0.05, 0.1) is 19.7 Å². The summed E-state index contributed by atoms with van der Waals surface area (Å²) in [6.07, 6.45) is 1.29. The van der Waals surface area contributed by atoms with Crippen LogP contribution >= 0.6 is 0 Å². The Labute approximate surface area is 164 Å². The molecule has 8 heteroatoms. The molecule has 0 aliphatic carbocycles. The minimum absolute atomic E-state index is 0.249. The fourth-order valence-electron chi connectivity index (χ4n) is 4.20. The molecule has 1 aliphatic heterocycles. The number of benzene rings is 1. The summed E-state index contributed by atoms with van der Waals surface area (Å²) in [7, 11) is 3.26. The van der Waals surface area contributed by atoms with Crippen LogP contribution in [0, 0.1) is 0 Å². The smallest absolute Gasteiger partial charge is 0.194 e. The van der Waals surface area contributed by atoms with Crippen molar-refractivity contribution >= 4 is 16.6 Å². The molecule has 0 saturated carbocycles. The van der Waals surface area contributed by atoms with Crippen molar-refractivity contribution in [2.24, 2.45) is 0 Å². The van der Waals surface area contributed by atoms with Crippen molar-refractivity contribution in [1.82, 2.24) is 19.6 Å². The molecule has 0 amide bonds. The number of nitrogens with zero attached hydrogens (tertiary/aromatic N) is 4. The van der Waals surface area contributed by atoms with Crippen LogP contribution in [-0.2, 0) is 17.7 Å².